The van der Waals surface area contributed by atoms with E-state index in [0.717, 1.165) is 36.6 Å². The lowest BCUT2D eigenvalue weighted by Crippen LogP contribution is -2.39. The monoisotopic (exact) mass is 396 g/mol. The van der Waals surface area contributed by atoms with Crippen molar-refractivity contribution in [3.8, 4) is 0 Å². The van der Waals surface area contributed by atoms with Gasteiger partial charge in [0, 0.05) is 32.7 Å². The van der Waals surface area contributed by atoms with E-state index in [4.69, 9.17) is 9.72 Å². The first-order chi connectivity index (χ1) is 14.2. The van der Waals surface area contributed by atoms with E-state index in [1.165, 1.54) is 6.07 Å². The highest BCUT2D eigenvalue weighted by atomic mass is 19.1. The molecular weight excluding hydrogens is 371 g/mol. The average molecular weight is 396 g/mol. The maximum Gasteiger partial charge on any atom is 0.227 e. The van der Waals surface area contributed by atoms with Crippen molar-refractivity contribution in [3.63, 3.8) is 0 Å². The summed E-state index contributed by atoms with van der Waals surface area (Å²) in [6.45, 7) is 2.78. The number of nitrogens with zero attached hydrogens (tertiary/aromatic N) is 3. The van der Waals surface area contributed by atoms with Gasteiger partial charge in [0.1, 0.15) is 5.82 Å². The number of ether oxygens (including phenoxy) is 1. The van der Waals surface area contributed by atoms with Crippen molar-refractivity contribution in [2.75, 3.05) is 37.0 Å². The number of benzene rings is 2. The van der Waals surface area contributed by atoms with Crippen LogP contribution in [0.2, 0.25) is 0 Å². The van der Waals surface area contributed by atoms with Crippen LogP contribution < -0.4 is 10.2 Å². The second kappa shape index (κ2) is 8.61. The predicted molar refractivity (Wildman–Crippen MR) is 112 cm³/mol. The van der Waals surface area contributed by atoms with E-state index < -0.39 is 5.82 Å². The highest BCUT2D eigenvalue weighted by molar-refractivity contribution is 5.92. The molecule has 0 saturated carbocycles. The van der Waals surface area contributed by atoms with Crippen LogP contribution >= 0.6 is 0 Å². The molecule has 1 fully saturated rings. The molecule has 4 rings (SSSR count). The Hall–Kier alpha value is -2.93. The van der Waals surface area contributed by atoms with Crippen LogP contribution in [0.15, 0.2) is 48.5 Å². The van der Waals surface area contributed by atoms with Gasteiger partial charge in [-0.25, -0.2) is 9.37 Å². The Morgan fingerprint density at radius 3 is 2.66 bits per heavy atom. The zero-order valence-electron chi connectivity index (χ0n) is 16.5. The van der Waals surface area contributed by atoms with Crippen LogP contribution in [0.3, 0.4) is 0 Å². The van der Waals surface area contributed by atoms with Crippen LogP contribution in [0.5, 0.6) is 0 Å². The molecule has 29 heavy (non-hydrogen) atoms. The molecule has 1 aliphatic heterocycles. The first kappa shape index (κ1) is 19.4. The van der Waals surface area contributed by atoms with Gasteiger partial charge in [0.2, 0.25) is 11.9 Å². The summed E-state index contributed by atoms with van der Waals surface area (Å²) in [5.41, 5.74) is 2.28. The SMILES string of the molecule is COCCn1c(N2CCC(C(=O)Nc3ccccc3F)CC2)nc2ccccc21. The van der Waals surface area contributed by atoms with Gasteiger partial charge in [-0.15, -0.1) is 0 Å². The van der Waals surface area contributed by atoms with Gasteiger partial charge in [-0.2, -0.15) is 0 Å². The lowest BCUT2D eigenvalue weighted by molar-refractivity contribution is -0.120. The smallest absolute Gasteiger partial charge is 0.227 e. The van der Waals surface area contributed by atoms with E-state index in [1.807, 2.05) is 18.2 Å². The molecular formula is C22H25FN4O2. The summed E-state index contributed by atoms with van der Waals surface area (Å²) in [6.07, 6.45) is 1.40. The van der Waals surface area contributed by atoms with E-state index in [9.17, 15) is 9.18 Å². The van der Waals surface area contributed by atoms with Crippen molar-refractivity contribution in [1.29, 1.82) is 0 Å². The summed E-state index contributed by atoms with van der Waals surface area (Å²) >= 11 is 0. The van der Waals surface area contributed by atoms with Gasteiger partial charge < -0.3 is 19.5 Å². The van der Waals surface area contributed by atoms with E-state index >= 15 is 0 Å². The molecule has 0 unspecified atom stereocenters. The number of carbonyl (C=O) groups excluding carboxylic acids is 1. The topological polar surface area (TPSA) is 59.4 Å². The van der Waals surface area contributed by atoms with Gasteiger partial charge in [-0.3, -0.25) is 4.79 Å². The van der Waals surface area contributed by atoms with E-state index in [2.05, 4.69) is 20.9 Å². The van der Waals surface area contributed by atoms with Gasteiger partial charge in [-0.05, 0) is 37.1 Å². The molecule has 1 amide bonds. The predicted octanol–water partition coefficient (Wildman–Crippen LogP) is 3.68. The minimum Gasteiger partial charge on any atom is -0.383 e. The Labute approximate surface area is 169 Å². The zero-order chi connectivity index (χ0) is 20.2. The maximum atomic E-state index is 13.8. The molecule has 3 aromatic rings. The van der Waals surface area contributed by atoms with E-state index in [0.29, 0.717) is 19.4 Å². The fraction of sp³-hybridized carbons (Fsp3) is 0.364. The molecule has 0 bridgehead atoms. The third kappa shape index (κ3) is 4.10. The van der Waals surface area contributed by atoms with Crippen LogP contribution in [-0.2, 0) is 16.1 Å². The molecule has 6 nitrogen and oxygen atoms in total. The Bertz CT molecular complexity index is 995. The van der Waals surface area contributed by atoms with Crippen LogP contribution in [0.25, 0.3) is 11.0 Å². The number of hydrogen-bond donors (Lipinski definition) is 1. The molecule has 1 aromatic heterocycles. The number of amides is 1. The number of hydrogen-bond acceptors (Lipinski definition) is 4. The summed E-state index contributed by atoms with van der Waals surface area (Å²) in [7, 11) is 1.69. The summed E-state index contributed by atoms with van der Waals surface area (Å²) in [5.74, 6) is 0.242. The third-order valence-corrected chi connectivity index (χ3v) is 5.43. The first-order valence-electron chi connectivity index (χ1n) is 9.92. The highest BCUT2D eigenvalue weighted by Gasteiger charge is 2.28. The van der Waals surface area contributed by atoms with Crippen molar-refractivity contribution in [3.05, 3.63) is 54.3 Å². The minimum absolute atomic E-state index is 0.123. The lowest BCUT2D eigenvalue weighted by Gasteiger charge is -2.32. The van der Waals surface area contributed by atoms with Crippen LogP contribution in [0.4, 0.5) is 16.0 Å². The third-order valence-electron chi connectivity index (χ3n) is 5.43. The molecule has 1 saturated heterocycles. The number of fused-ring (bicyclic) bond motifs is 1. The number of imidazole rings is 1. The van der Waals surface area contributed by atoms with Crippen molar-refractivity contribution >= 4 is 28.6 Å². The normalized spacial score (nSPS) is 15.0. The second-order valence-corrected chi connectivity index (χ2v) is 7.28. The summed E-state index contributed by atoms with van der Waals surface area (Å²) < 4.78 is 21.3. The van der Waals surface area contributed by atoms with Gasteiger partial charge in [-0.1, -0.05) is 24.3 Å². The molecule has 2 heterocycles. The quantitative estimate of drug-likeness (QED) is 0.691. The number of piperidine rings is 1. The number of rotatable bonds is 6. The van der Waals surface area contributed by atoms with Gasteiger partial charge >= 0.3 is 0 Å². The summed E-state index contributed by atoms with van der Waals surface area (Å²) in [4.78, 5) is 19.6. The highest BCUT2D eigenvalue weighted by Crippen LogP contribution is 2.27. The summed E-state index contributed by atoms with van der Waals surface area (Å²) in [5, 5.41) is 2.73. The molecule has 1 N–H and O–H groups in total. The summed E-state index contributed by atoms with van der Waals surface area (Å²) in [6, 6.07) is 14.3. The molecule has 0 atom stereocenters. The van der Waals surface area contributed by atoms with Crippen LogP contribution in [0, 0.1) is 11.7 Å². The number of halogens is 1. The number of methoxy groups -OCH3 is 1. The first-order valence-corrected chi connectivity index (χ1v) is 9.92. The molecule has 7 heteroatoms. The van der Waals surface area contributed by atoms with Crippen molar-refractivity contribution < 1.29 is 13.9 Å². The number of aromatic nitrogens is 2. The van der Waals surface area contributed by atoms with E-state index in [-0.39, 0.29) is 17.5 Å². The minimum atomic E-state index is -0.412. The van der Waals surface area contributed by atoms with Gasteiger partial charge in [0.05, 0.1) is 23.3 Å². The largest absolute Gasteiger partial charge is 0.383 e. The Morgan fingerprint density at radius 2 is 1.90 bits per heavy atom. The average Bonchev–Trinajstić information content (AvgIpc) is 3.12. The Morgan fingerprint density at radius 1 is 1.17 bits per heavy atom. The number of anilines is 2. The number of nitrogens with one attached hydrogen (secondary N) is 1. The van der Waals surface area contributed by atoms with Gasteiger partial charge in [0.15, 0.2) is 0 Å². The van der Waals surface area contributed by atoms with Crippen molar-refractivity contribution in [2.24, 2.45) is 5.92 Å². The van der Waals surface area contributed by atoms with Gasteiger partial charge in [0.25, 0.3) is 0 Å². The van der Waals surface area contributed by atoms with Crippen LogP contribution in [-0.4, -0.2) is 42.3 Å². The van der Waals surface area contributed by atoms with Crippen molar-refractivity contribution in [1.82, 2.24) is 9.55 Å². The molecule has 152 valence electrons. The lowest BCUT2D eigenvalue weighted by atomic mass is 9.96. The molecule has 0 spiro atoms. The fourth-order valence-corrected chi connectivity index (χ4v) is 3.85. The number of para-hydroxylation sites is 3. The molecule has 0 radical (unpaired) electrons. The second-order valence-electron chi connectivity index (χ2n) is 7.28. The molecule has 2 aromatic carbocycles. The number of carbonyl (C=O) groups is 1. The van der Waals surface area contributed by atoms with E-state index in [1.54, 1.807) is 25.3 Å². The molecule has 1 aliphatic rings. The zero-order valence-corrected chi connectivity index (χ0v) is 16.5. The Kier molecular flexibility index (Phi) is 5.76. The standard InChI is InChI=1S/C22H25FN4O2/c1-29-15-14-27-20-9-5-4-8-19(20)25-22(27)26-12-10-16(11-13-26)21(28)24-18-7-3-2-6-17(18)23/h2-9,16H,10-15H2,1H3,(H,24,28). The fourth-order valence-electron chi connectivity index (χ4n) is 3.85. The molecule has 0 aliphatic carbocycles. The maximum absolute atomic E-state index is 13.8. The van der Waals surface area contributed by atoms with Crippen LogP contribution in [0.1, 0.15) is 12.8 Å². The Balaban J connectivity index is 1.45. The van der Waals surface area contributed by atoms with Crippen molar-refractivity contribution in [2.45, 2.75) is 19.4 Å².